The van der Waals surface area contributed by atoms with Gasteiger partial charge >= 0.3 is 0 Å². The standard InChI is InChI=1S/C16H26O2/c1-4-13-8-15(10-14(17)12(2)3)6-5-7-16(18,9-13)11-15/h13,18H,2,4-11H2,1,3H3. The average molecular weight is 250 g/mol. The first-order chi connectivity index (χ1) is 8.38. The molecule has 0 radical (unpaired) electrons. The highest BCUT2D eigenvalue weighted by molar-refractivity contribution is 5.94. The Morgan fingerprint density at radius 2 is 2.11 bits per heavy atom. The number of carbonyl (C=O) groups excluding carboxylic acids is 1. The van der Waals surface area contributed by atoms with Crippen molar-refractivity contribution in [1.82, 2.24) is 0 Å². The van der Waals surface area contributed by atoms with Crippen molar-refractivity contribution in [1.29, 1.82) is 0 Å². The maximum absolute atomic E-state index is 12.0. The van der Waals surface area contributed by atoms with Gasteiger partial charge in [-0.15, -0.1) is 0 Å². The van der Waals surface area contributed by atoms with Gasteiger partial charge in [-0.1, -0.05) is 26.3 Å². The minimum absolute atomic E-state index is 0.0575. The van der Waals surface area contributed by atoms with Crippen LogP contribution in [-0.4, -0.2) is 16.5 Å². The molecule has 3 atom stereocenters. The molecule has 2 aliphatic carbocycles. The van der Waals surface area contributed by atoms with Gasteiger partial charge in [0.25, 0.3) is 0 Å². The minimum Gasteiger partial charge on any atom is -0.390 e. The number of aliphatic hydroxyl groups is 1. The number of ketones is 1. The van der Waals surface area contributed by atoms with Crippen molar-refractivity contribution in [2.75, 3.05) is 0 Å². The molecule has 0 saturated heterocycles. The molecular weight excluding hydrogens is 224 g/mol. The van der Waals surface area contributed by atoms with Crippen LogP contribution in [0.25, 0.3) is 0 Å². The average Bonchev–Trinajstić information content (AvgIpc) is 2.26. The van der Waals surface area contributed by atoms with Crippen LogP contribution in [0.3, 0.4) is 0 Å². The second-order valence-electron chi connectivity index (χ2n) is 6.82. The first-order valence-corrected chi connectivity index (χ1v) is 7.29. The number of Topliss-reactive ketones (excluding diaryl/α,β-unsaturated/α-hetero) is 1. The molecule has 0 spiro atoms. The van der Waals surface area contributed by atoms with Crippen LogP contribution in [0.1, 0.15) is 65.2 Å². The van der Waals surface area contributed by atoms with Gasteiger partial charge in [-0.2, -0.15) is 0 Å². The fourth-order valence-corrected chi connectivity index (χ4v) is 4.24. The zero-order valence-corrected chi connectivity index (χ0v) is 11.8. The Morgan fingerprint density at radius 1 is 1.39 bits per heavy atom. The molecule has 1 N–H and O–H groups in total. The van der Waals surface area contributed by atoms with Crippen LogP contribution in [-0.2, 0) is 4.79 Å². The molecule has 2 bridgehead atoms. The number of hydrogen-bond donors (Lipinski definition) is 1. The van der Waals surface area contributed by atoms with Crippen molar-refractivity contribution >= 4 is 5.78 Å². The van der Waals surface area contributed by atoms with E-state index in [9.17, 15) is 9.90 Å². The molecular formula is C16H26O2. The van der Waals surface area contributed by atoms with Gasteiger partial charge < -0.3 is 5.11 Å². The van der Waals surface area contributed by atoms with Crippen molar-refractivity contribution in [2.24, 2.45) is 11.3 Å². The molecule has 2 saturated carbocycles. The van der Waals surface area contributed by atoms with E-state index in [-0.39, 0.29) is 11.2 Å². The predicted octanol–water partition coefficient (Wildman–Crippen LogP) is 3.63. The van der Waals surface area contributed by atoms with E-state index >= 15 is 0 Å². The Labute approximate surface area is 110 Å². The van der Waals surface area contributed by atoms with Gasteiger partial charge in [0.1, 0.15) is 0 Å². The molecule has 3 unspecified atom stereocenters. The second-order valence-corrected chi connectivity index (χ2v) is 6.82. The van der Waals surface area contributed by atoms with Gasteiger partial charge in [0.15, 0.2) is 5.78 Å². The van der Waals surface area contributed by atoms with E-state index in [4.69, 9.17) is 0 Å². The highest BCUT2D eigenvalue weighted by Gasteiger charge is 2.50. The Kier molecular flexibility index (Phi) is 3.68. The highest BCUT2D eigenvalue weighted by atomic mass is 16.3. The van der Waals surface area contributed by atoms with E-state index in [0.717, 1.165) is 44.9 Å². The Bertz CT molecular complexity index is 360. The van der Waals surface area contributed by atoms with Crippen LogP contribution in [0.4, 0.5) is 0 Å². The van der Waals surface area contributed by atoms with Gasteiger partial charge in [-0.05, 0) is 55.9 Å². The van der Waals surface area contributed by atoms with Gasteiger partial charge in [-0.3, -0.25) is 4.79 Å². The summed E-state index contributed by atoms with van der Waals surface area (Å²) in [7, 11) is 0. The number of fused-ring (bicyclic) bond motifs is 2. The summed E-state index contributed by atoms with van der Waals surface area (Å²) in [5.74, 6) is 0.776. The van der Waals surface area contributed by atoms with Crippen LogP contribution in [0.15, 0.2) is 12.2 Å². The molecule has 2 heteroatoms. The molecule has 0 amide bonds. The summed E-state index contributed by atoms with van der Waals surface area (Å²) in [5.41, 5.74) is 0.228. The zero-order chi connectivity index (χ0) is 13.4. The van der Waals surface area contributed by atoms with Crippen molar-refractivity contribution in [2.45, 2.75) is 70.8 Å². The predicted molar refractivity (Wildman–Crippen MR) is 73.3 cm³/mol. The summed E-state index contributed by atoms with van der Waals surface area (Å²) in [5, 5.41) is 10.7. The summed E-state index contributed by atoms with van der Waals surface area (Å²) >= 11 is 0. The monoisotopic (exact) mass is 250 g/mol. The molecule has 0 aliphatic heterocycles. The third kappa shape index (κ3) is 2.69. The fraction of sp³-hybridized carbons (Fsp3) is 0.812. The van der Waals surface area contributed by atoms with Crippen molar-refractivity contribution in [3.8, 4) is 0 Å². The maximum atomic E-state index is 12.0. The van der Waals surface area contributed by atoms with E-state index in [1.54, 1.807) is 6.92 Å². The second kappa shape index (κ2) is 4.80. The topological polar surface area (TPSA) is 37.3 Å². The first kappa shape index (κ1) is 13.8. The zero-order valence-electron chi connectivity index (χ0n) is 11.8. The summed E-state index contributed by atoms with van der Waals surface area (Å²) in [6, 6.07) is 0. The third-order valence-corrected chi connectivity index (χ3v) is 5.03. The molecule has 18 heavy (non-hydrogen) atoms. The van der Waals surface area contributed by atoms with E-state index in [1.807, 2.05) is 0 Å². The van der Waals surface area contributed by atoms with Crippen LogP contribution in [0, 0.1) is 11.3 Å². The smallest absolute Gasteiger partial charge is 0.158 e. The summed E-state index contributed by atoms with van der Waals surface area (Å²) in [6.07, 6.45) is 7.69. The third-order valence-electron chi connectivity index (χ3n) is 5.03. The molecule has 0 aromatic carbocycles. The fourth-order valence-electron chi connectivity index (χ4n) is 4.24. The normalized spacial score (nSPS) is 39.4. The lowest BCUT2D eigenvalue weighted by molar-refractivity contribution is -0.130. The lowest BCUT2D eigenvalue weighted by Gasteiger charge is -2.52. The Hall–Kier alpha value is -0.630. The summed E-state index contributed by atoms with van der Waals surface area (Å²) in [6.45, 7) is 7.76. The van der Waals surface area contributed by atoms with Crippen molar-refractivity contribution < 1.29 is 9.90 Å². The Balaban J connectivity index is 2.18. The van der Waals surface area contributed by atoms with E-state index in [2.05, 4.69) is 13.5 Å². The van der Waals surface area contributed by atoms with Crippen molar-refractivity contribution in [3.63, 3.8) is 0 Å². The summed E-state index contributed by atoms with van der Waals surface area (Å²) < 4.78 is 0. The molecule has 2 fully saturated rings. The lowest BCUT2D eigenvalue weighted by atomic mass is 9.55. The Morgan fingerprint density at radius 3 is 2.72 bits per heavy atom. The SMILES string of the molecule is C=C(C)C(=O)CC12CCCC(O)(CC(CC)C1)C2. The minimum atomic E-state index is -0.494. The molecule has 0 heterocycles. The first-order valence-electron chi connectivity index (χ1n) is 7.29. The molecule has 2 aliphatic rings. The highest BCUT2D eigenvalue weighted by Crippen LogP contribution is 2.55. The quantitative estimate of drug-likeness (QED) is 0.774. The number of rotatable bonds is 4. The van der Waals surface area contributed by atoms with Gasteiger partial charge in [0.05, 0.1) is 5.60 Å². The molecule has 0 aromatic rings. The van der Waals surface area contributed by atoms with Crippen LogP contribution >= 0.6 is 0 Å². The maximum Gasteiger partial charge on any atom is 0.158 e. The lowest BCUT2D eigenvalue weighted by Crippen LogP contribution is -2.49. The molecule has 0 aromatic heterocycles. The number of carbonyl (C=O) groups is 1. The summed E-state index contributed by atoms with van der Waals surface area (Å²) in [4.78, 5) is 12.0. The van der Waals surface area contributed by atoms with E-state index in [0.29, 0.717) is 17.9 Å². The number of hydrogen-bond acceptors (Lipinski definition) is 2. The van der Waals surface area contributed by atoms with E-state index < -0.39 is 5.60 Å². The number of allylic oxidation sites excluding steroid dienone is 1. The van der Waals surface area contributed by atoms with Crippen LogP contribution < -0.4 is 0 Å². The molecule has 102 valence electrons. The van der Waals surface area contributed by atoms with Gasteiger partial charge in [0.2, 0.25) is 0 Å². The van der Waals surface area contributed by atoms with Crippen LogP contribution in [0.5, 0.6) is 0 Å². The van der Waals surface area contributed by atoms with Gasteiger partial charge in [0, 0.05) is 6.42 Å². The van der Waals surface area contributed by atoms with Crippen molar-refractivity contribution in [3.05, 3.63) is 12.2 Å². The largest absolute Gasteiger partial charge is 0.390 e. The molecule has 2 nitrogen and oxygen atoms in total. The van der Waals surface area contributed by atoms with Gasteiger partial charge in [-0.25, -0.2) is 0 Å². The molecule has 2 rings (SSSR count). The van der Waals surface area contributed by atoms with E-state index in [1.165, 1.54) is 0 Å². The van der Waals surface area contributed by atoms with Crippen LogP contribution in [0.2, 0.25) is 0 Å².